The van der Waals surface area contributed by atoms with Gasteiger partial charge in [0.2, 0.25) is 0 Å². The van der Waals surface area contributed by atoms with Crippen molar-refractivity contribution in [2.24, 2.45) is 0 Å². The van der Waals surface area contributed by atoms with Gasteiger partial charge in [0.1, 0.15) is 13.2 Å². The van der Waals surface area contributed by atoms with E-state index in [9.17, 15) is 14.4 Å². The molecule has 0 fully saturated rings. The van der Waals surface area contributed by atoms with Gasteiger partial charge in [0.15, 0.2) is 6.10 Å². The largest absolute Gasteiger partial charge is 0.462 e. The normalized spacial score (nSPS) is 12.5. The maximum Gasteiger partial charge on any atom is 0.306 e. The number of hydrogen-bond acceptors (Lipinski definition) is 6. The molecule has 0 aliphatic carbocycles. The predicted molar refractivity (Wildman–Crippen MR) is 279 cm³/mol. The Morgan fingerprint density at radius 1 is 0.323 bits per heavy atom. The van der Waals surface area contributed by atoms with Gasteiger partial charge in [-0.1, -0.05) is 242 Å². The first-order valence-corrected chi connectivity index (χ1v) is 27.8. The average Bonchev–Trinajstić information content (AvgIpc) is 3.30. The van der Waals surface area contributed by atoms with Crippen molar-refractivity contribution in [3.05, 3.63) is 60.8 Å². The van der Waals surface area contributed by atoms with E-state index in [1.807, 2.05) is 0 Å². The van der Waals surface area contributed by atoms with Crippen LogP contribution in [0.15, 0.2) is 60.8 Å². The standard InChI is InChI=1S/C59H104O6/c1-4-7-10-13-16-19-22-25-28-29-30-31-32-35-37-40-43-46-49-52-58(61)64-55-56(65-59(62)53-50-47-44-41-38-34-27-24-21-18-15-12-9-6-3)54-63-57(60)51-48-45-42-39-36-33-26-23-20-17-14-11-8-5-2/h8-9,11-12,17-18,20-21,27,34,56H,4-7,10,13-16,19,22-26,28-33,35-55H2,1-3H3/b11-8-,12-9-,20-17-,21-18-,34-27-. The fraction of sp³-hybridized carbons (Fsp3) is 0.780. The molecule has 0 saturated carbocycles. The molecule has 0 aromatic heterocycles. The fourth-order valence-corrected chi connectivity index (χ4v) is 7.91. The van der Waals surface area contributed by atoms with E-state index in [0.717, 1.165) is 109 Å². The van der Waals surface area contributed by atoms with Crippen LogP contribution >= 0.6 is 0 Å². The highest BCUT2D eigenvalue weighted by atomic mass is 16.6. The third-order valence-corrected chi connectivity index (χ3v) is 12.0. The highest BCUT2D eigenvalue weighted by Crippen LogP contribution is 2.16. The number of hydrogen-bond donors (Lipinski definition) is 0. The summed E-state index contributed by atoms with van der Waals surface area (Å²) in [7, 11) is 0. The minimum atomic E-state index is -0.787. The van der Waals surface area contributed by atoms with Crippen molar-refractivity contribution in [3.8, 4) is 0 Å². The third kappa shape index (κ3) is 51.9. The van der Waals surface area contributed by atoms with Crippen molar-refractivity contribution in [2.45, 2.75) is 284 Å². The van der Waals surface area contributed by atoms with Crippen LogP contribution in [0.4, 0.5) is 0 Å². The molecule has 0 radical (unpaired) electrons. The zero-order valence-corrected chi connectivity index (χ0v) is 43.0. The van der Waals surface area contributed by atoms with E-state index >= 15 is 0 Å². The molecule has 0 spiro atoms. The van der Waals surface area contributed by atoms with E-state index in [1.54, 1.807) is 0 Å². The zero-order valence-electron chi connectivity index (χ0n) is 43.0. The van der Waals surface area contributed by atoms with Crippen molar-refractivity contribution in [3.63, 3.8) is 0 Å². The predicted octanol–water partition coefficient (Wildman–Crippen LogP) is 18.4. The highest BCUT2D eigenvalue weighted by Gasteiger charge is 2.19. The Morgan fingerprint density at radius 3 is 0.938 bits per heavy atom. The number of unbranched alkanes of at least 4 members (excludes halogenated alkanes) is 29. The maximum atomic E-state index is 12.8. The van der Waals surface area contributed by atoms with Crippen LogP contribution in [0.25, 0.3) is 0 Å². The molecule has 1 unspecified atom stereocenters. The molecule has 6 nitrogen and oxygen atoms in total. The summed E-state index contributed by atoms with van der Waals surface area (Å²) in [5, 5.41) is 0. The molecule has 0 aromatic rings. The minimum absolute atomic E-state index is 0.0837. The molecule has 0 aliphatic heterocycles. The van der Waals surface area contributed by atoms with Crippen molar-refractivity contribution in [2.75, 3.05) is 13.2 Å². The Hall–Kier alpha value is -2.89. The number of rotatable bonds is 50. The van der Waals surface area contributed by atoms with Crippen LogP contribution in [-0.4, -0.2) is 37.2 Å². The monoisotopic (exact) mass is 909 g/mol. The van der Waals surface area contributed by atoms with Crippen LogP contribution in [0.2, 0.25) is 0 Å². The van der Waals surface area contributed by atoms with Gasteiger partial charge in [-0.25, -0.2) is 0 Å². The Labute approximate surface area is 402 Å². The quantitative estimate of drug-likeness (QED) is 0.0262. The van der Waals surface area contributed by atoms with Gasteiger partial charge in [-0.3, -0.25) is 14.4 Å². The molecular formula is C59H104O6. The Balaban J connectivity index is 4.35. The SMILES string of the molecule is CC/C=C\C/C=C\C/C=C\CCCCCCC(=O)OC(COC(=O)CCCCCCCCC/C=C\C/C=C\CC)COC(=O)CCCCCCCCCCCCCCCCCCCCC. The van der Waals surface area contributed by atoms with Crippen molar-refractivity contribution < 1.29 is 28.6 Å². The van der Waals surface area contributed by atoms with Crippen molar-refractivity contribution in [1.29, 1.82) is 0 Å². The molecule has 0 heterocycles. The van der Waals surface area contributed by atoms with Gasteiger partial charge in [-0.15, -0.1) is 0 Å². The number of carbonyl (C=O) groups is 3. The van der Waals surface area contributed by atoms with Crippen LogP contribution in [-0.2, 0) is 28.6 Å². The highest BCUT2D eigenvalue weighted by molar-refractivity contribution is 5.71. The van der Waals surface area contributed by atoms with Gasteiger partial charge in [0.05, 0.1) is 0 Å². The van der Waals surface area contributed by atoms with Gasteiger partial charge in [0, 0.05) is 19.3 Å². The summed E-state index contributed by atoms with van der Waals surface area (Å²) in [6, 6.07) is 0. The van der Waals surface area contributed by atoms with Crippen LogP contribution in [0.3, 0.4) is 0 Å². The second-order valence-electron chi connectivity index (χ2n) is 18.4. The number of carbonyl (C=O) groups excluding carboxylic acids is 3. The van der Waals surface area contributed by atoms with E-state index in [-0.39, 0.29) is 31.1 Å². The van der Waals surface area contributed by atoms with Crippen LogP contribution < -0.4 is 0 Å². The van der Waals surface area contributed by atoms with Crippen LogP contribution in [0, 0.1) is 0 Å². The number of esters is 3. The van der Waals surface area contributed by atoms with Gasteiger partial charge in [-0.2, -0.15) is 0 Å². The molecule has 0 bridgehead atoms. The first kappa shape index (κ1) is 62.1. The molecule has 0 amide bonds. The molecule has 1 atom stereocenters. The van der Waals surface area contributed by atoms with Gasteiger partial charge in [0.25, 0.3) is 0 Å². The van der Waals surface area contributed by atoms with Gasteiger partial charge >= 0.3 is 17.9 Å². The second kappa shape index (κ2) is 53.7. The Morgan fingerprint density at radius 2 is 0.600 bits per heavy atom. The third-order valence-electron chi connectivity index (χ3n) is 12.0. The van der Waals surface area contributed by atoms with E-state index in [2.05, 4.69) is 81.5 Å². The summed E-state index contributed by atoms with van der Waals surface area (Å²) < 4.78 is 16.8. The van der Waals surface area contributed by atoms with Crippen LogP contribution in [0.5, 0.6) is 0 Å². The lowest BCUT2D eigenvalue weighted by atomic mass is 10.0. The van der Waals surface area contributed by atoms with Gasteiger partial charge in [-0.05, 0) is 77.0 Å². The summed E-state index contributed by atoms with van der Waals surface area (Å²) in [4.78, 5) is 38.1. The average molecular weight is 909 g/mol. The molecule has 0 aliphatic rings. The summed E-state index contributed by atoms with van der Waals surface area (Å²) in [5.41, 5.74) is 0. The first-order chi connectivity index (χ1) is 32.0. The molecule has 376 valence electrons. The Kier molecular flexibility index (Phi) is 51.3. The number of ether oxygens (including phenoxy) is 3. The minimum Gasteiger partial charge on any atom is -0.462 e. The van der Waals surface area contributed by atoms with Crippen molar-refractivity contribution >= 4 is 17.9 Å². The van der Waals surface area contributed by atoms with Gasteiger partial charge < -0.3 is 14.2 Å². The first-order valence-electron chi connectivity index (χ1n) is 27.8. The van der Waals surface area contributed by atoms with Crippen LogP contribution in [0.1, 0.15) is 278 Å². The molecule has 0 saturated heterocycles. The summed E-state index contributed by atoms with van der Waals surface area (Å²) in [6.45, 7) is 6.42. The molecule has 65 heavy (non-hydrogen) atoms. The molecule has 0 rings (SSSR count). The summed E-state index contributed by atoms with van der Waals surface area (Å²) >= 11 is 0. The molecule has 0 N–H and O–H groups in total. The van der Waals surface area contributed by atoms with E-state index in [1.165, 1.54) is 128 Å². The zero-order chi connectivity index (χ0) is 47.2. The van der Waals surface area contributed by atoms with E-state index < -0.39 is 6.10 Å². The lowest BCUT2D eigenvalue weighted by molar-refractivity contribution is -0.167. The smallest absolute Gasteiger partial charge is 0.306 e. The molecular weight excluding hydrogens is 805 g/mol. The molecule has 0 aromatic carbocycles. The Bertz CT molecular complexity index is 1180. The topological polar surface area (TPSA) is 78.9 Å². The summed E-state index contributed by atoms with van der Waals surface area (Å²) in [6.07, 6.45) is 66.4. The fourth-order valence-electron chi connectivity index (χ4n) is 7.91. The number of allylic oxidation sites excluding steroid dienone is 10. The summed E-state index contributed by atoms with van der Waals surface area (Å²) in [5.74, 6) is -0.905. The maximum absolute atomic E-state index is 12.8. The lowest BCUT2D eigenvalue weighted by Crippen LogP contribution is -2.30. The second-order valence-corrected chi connectivity index (χ2v) is 18.4. The van der Waals surface area contributed by atoms with E-state index in [4.69, 9.17) is 14.2 Å². The lowest BCUT2D eigenvalue weighted by Gasteiger charge is -2.18. The molecule has 6 heteroatoms. The van der Waals surface area contributed by atoms with E-state index in [0.29, 0.717) is 19.3 Å². The van der Waals surface area contributed by atoms with Crippen molar-refractivity contribution in [1.82, 2.24) is 0 Å².